The maximum Gasteiger partial charge on any atom is 0.326 e. The predicted molar refractivity (Wildman–Crippen MR) is 130 cm³/mol. The first-order valence-electron chi connectivity index (χ1n) is 11.2. The van der Waals surface area contributed by atoms with Gasteiger partial charge in [0.1, 0.15) is 11.3 Å². The van der Waals surface area contributed by atoms with Crippen molar-refractivity contribution in [1.82, 2.24) is 20.0 Å². The minimum atomic E-state index is -1.14. The van der Waals surface area contributed by atoms with Gasteiger partial charge >= 0.3 is 6.03 Å². The molecule has 0 unspecified atom stereocenters. The number of benzene rings is 2. The fraction of sp³-hybridized carbons (Fsp3) is 0.320. The molecule has 2 aliphatic rings. The number of nitrogens with zero attached hydrogens (tertiary/aromatic N) is 3. The highest BCUT2D eigenvalue weighted by Crippen LogP contribution is 2.32. The van der Waals surface area contributed by atoms with Crippen molar-refractivity contribution in [2.75, 3.05) is 40.0 Å². The molecule has 5 rings (SSSR count). The molecule has 3 aromatic rings. The molecule has 0 spiro atoms. The van der Waals surface area contributed by atoms with Crippen LogP contribution in [0.1, 0.15) is 22.2 Å². The summed E-state index contributed by atoms with van der Waals surface area (Å²) >= 11 is 1.44. The van der Waals surface area contributed by atoms with Crippen LogP contribution in [0.4, 0.5) is 4.79 Å². The lowest BCUT2D eigenvalue weighted by Gasteiger charge is -2.35. The van der Waals surface area contributed by atoms with Gasteiger partial charge in [-0.3, -0.25) is 14.5 Å². The van der Waals surface area contributed by atoms with E-state index in [2.05, 4.69) is 5.32 Å². The van der Waals surface area contributed by atoms with Crippen LogP contribution in [0.5, 0.6) is 5.75 Å². The van der Waals surface area contributed by atoms with Crippen LogP contribution in [-0.4, -0.2) is 72.5 Å². The molecule has 2 saturated heterocycles. The number of rotatable bonds is 5. The fourth-order valence-electron chi connectivity index (χ4n) is 4.53. The zero-order chi connectivity index (χ0) is 23.9. The first-order chi connectivity index (χ1) is 16.4. The number of urea groups is 1. The summed E-state index contributed by atoms with van der Waals surface area (Å²) in [6.45, 7) is 4.27. The third-order valence-electron chi connectivity index (χ3n) is 6.63. The Hall–Kier alpha value is -3.43. The number of methoxy groups -OCH3 is 1. The van der Waals surface area contributed by atoms with Crippen molar-refractivity contribution < 1.29 is 19.1 Å². The van der Waals surface area contributed by atoms with E-state index in [-0.39, 0.29) is 18.5 Å². The Morgan fingerprint density at radius 2 is 1.79 bits per heavy atom. The van der Waals surface area contributed by atoms with Gasteiger partial charge in [-0.05, 0) is 52.9 Å². The Bertz CT molecular complexity index is 1250. The topological polar surface area (TPSA) is 82.2 Å². The molecule has 3 heterocycles. The molecule has 2 aromatic carbocycles. The van der Waals surface area contributed by atoms with Gasteiger partial charge in [0.05, 0.1) is 18.7 Å². The Morgan fingerprint density at radius 3 is 2.50 bits per heavy atom. The van der Waals surface area contributed by atoms with Gasteiger partial charge in [0.15, 0.2) is 0 Å². The summed E-state index contributed by atoms with van der Waals surface area (Å²) in [5.74, 6) is 0.522. The van der Waals surface area contributed by atoms with Crippen LogP contribution in [0.15, 0.2) is 53.9 Å². The molecule has 9 heteroatoms. The second-order valence-electron chi connectivity index (χ2n) is 8.75. The third-order valence-corrected chi connectivity index (χ3v) is 7.49. The van der Waals surface area contributed by atoms with Crippen LogP contribution in [0.25, 0.3) is 10.8 Å². The Kier molecular flexibility index (Phi) is 5.75. The molecule has 1 atom stereocenters. The van der Waals surface area contributed by atoms with Gasteiger partial charge in [-0.1, -0.05) is 24.3 Å². The lowest BCUT2D eigenvalue weighted by molar-refractivity contribution is -0.132. The molecule has 2 fully saturated rings. The number of carbonyl (C=O) groups excluding carboxylic acids is 3. The molecule has 8 nitrogen and oxygen atoms in total. The maximum atomic E-state index is 13.4. The van der Waals surface area contributed by atoms with Gasteiger partial charge in [-0.15, -0.1) is 11.3 Å². The van der Waals surface area contributed by atoms with Crippen LogP contribution in [0, 0.1) is 0 Å². The number of amides is 4. The van der Waals surface area contributed by atoms with Gasteiger partial charge < -0.3 is 15.0 Å². The molecular formula is C25H26N4O4S. The first kappa shape index (κ1) is 22.4. The summed E-state index contributed by atoms with van der Waals surface area (Å²) in [6, 6.07) is 14.8. The number of fused-ring (bicyclic) bond motifs is 1. The quantitative estimate of drug-likeness (QED) is 0.570. The van der Waals surface area contributed by atoms with Crippen molar-refractivity contribution in [3.63, 3.8) is 0 Å². The molecule has 0 bridgehead atoms. The lowest BCUT2D eigenvalue weighted by atomic mass is 9.90. The van der Waals surface area contributed by atoms with Crippen molar-refractivity contribution in [2.24, 2.45) is 0 Å². The second-order valence-corrected chi connectivity index (χ2v) is 9.69. The molecule has 176 valence electrons. The number of imide groups is 1. The van der Waals surface area contributed by atoms with E-state index in [0.717, 1.165) is 27.0 Å². The average molecular weight is 479 g/mol. The highest BCUT2D eigenvalue weighted by atomic mass is 32.1. The number of hydrogen-bond acceptors (Lipinski definition) is 6. The molecule has 0 saturated carbocycles. The van der Waals surface area contributed by atoms with Crippen LogP contribution in [-0.2, 0) is 10.3 Å². The standard InChI is InChI=1S/C25H26N4O4S/c1-25(19-7-5-18-15-20(33-2)8-6-17(18)14-19)23(31)29(24(32)26-25)16-27-9-11-28(12-10-27)22(30)21-4-3-13-34-21/h3-8,13-15H,9-12,16H2,1-2H3,(H,26,32)/t25-/m1/s1. The summed E-state index contributed by atoms with van der Waals surface area (Å²) in [7, 11) is 1.62. The molecule has 0 aliphatic carbocycles. The van der Waals surface area contributed by atoms with Crippen LogP contribution in [0.3, 0.4) is 0 Å². The minimum Gasteiger partial charge on any atom is -0.497 e. The number of piperazine rings is 1. The Morgan fingerprint density at radius 1 is 1.06 bits per heavy atom. The van der Waals surface area contributed by atoms with Gasteiger partial charge in [0.2, 0.25) is 0 Å². The monoisotopic (exact) mass is 478 g/mol. The zero-order valence-corrected chi connectivity index (χ0v) is 19.9. The Balaban J connectivity index is 1.27. The maximum absolute atomic E-state index is 13.4. The van der Waals surface area contributed by atoms with Crippen molar-refractivity contribution >= 4 is 40.0 Å². The van der Waals surface area contributed by atoms with E-state index in [0.29, 0.717) is 26.2 Å². The summed E-state index contributed by atoms with van der Waals surface area (Å²) in [4.78, 5) is 44.6. The summed E-state index contributed by atoms with van der Waals surface area (Å²) in [5.41, 5.74) is -0.403. The van der Waals surface area contributed by atoms with Gasteiger partial charge in [0.25, 0.3) is 11.8 Å². The number of ether oxygens (including phenoxy) is 1. The highest BCUT2D eigenvalue weighted by molar-refractivity contribution is 7.12. The number of thiophene rings is 1. The lowest BCUT2D eigenvalue weighted by Crippen LogP contribution is -2.52. The van der Waals surface area contributed by atoms with E-state index < -0.39 is 11.6 Å². The largest absolute Gasteiger partial charge is 0.497 e. The molecule has 4 amide bonds. The van der Waals surface area contributed by atoms with Crippen molar-refractivity contribution in [3.8, 4) is 5.75 Å². The molecule has 1 N–H and O–H groups in total. The van der Waals surface area contributed by atoms with Crippen LogP contribution >= 0.6 is 11.3 Å². The minimum absolute atomic E-state index is 0.0335. The van der Waals surface area contributed by atoms with E-state index in [1.807, 2.05) is 63.7 Å². The molecule has 2 aliphatic heterocycles. The van der Waals surface area contributed by atoms with Crippen molar-refractivity contribution in [2.45, 2.75) is 12.5 Å². The SMILES string of the molecule is COc1ccc2cc([C@@]3(C)NC(=O)N(CN4CCN(C(=O)c5cccs5)CC4)C3=O)ccc2c1. The third kappa shape index (κ3) is 3.91. The number of hydrogen-bond donors (Lipinski definition) is 1. The van der Waals surface area contributed by atoms with E-state index >= 15 is 0 Å². The van der Waals surface area contributed by atoms with Crippen LogP contribution < -0.4 is 10.1 Å². The Labute approximate surface area is 201 Å². The van der Waals surface area contributed by atoms with E-state index in [1.54, 1.807) is 14.0 Å². The second kappa shape index (κ2) is 8.73. The van der Waals surface area contributed by atoms with Gasteiger partial charge in [-0.25, -0.2) is 9.69 Å². The number of carbonyl (C=O) groups is 3. The summed E-state index contributed by atoms with van der Waals surface area (Å²) in [6.07, 6.45) is 0. The van der Waals surface area contributed by atoms with E-state index in [1.165, 1.54) is 16.2 Å². The molecule has 0 radical (unpaired) electrons. The predicted octanol–water partition coefficient (Wildman–Crippen LogP) is 3.09. The van der Waals surface area contributed by atoms with Gasteiger partial charge in [0, 0.05) is 26.2 Å². The van der Waals surface area contributed by atoms with E-state index in [4.69, 9.17) is 4.74 Å². The molecular weight excluding hydrogens is 452 g/mol. The van der Waals surface area contributed by atoms with Crippen LogP contribution in [0.2, 0.25) is 0 Å². The van der Waals surface area contributed by atoms with E-state index in [9.17, 15) is 14.4 Å². The smallest absolute Gasteiger partial charge is 0.326 e. The highest BCUT2D eigenvalue weighted by Gasteiger charge is 2.49. The van der Waals surface area contributed by atoms with Crippen molar-refractivity contribution in [1.29, 1.82) is 0 Å². The summed E-state index contributed by atoms with van der Waals surface area (Å²) < 4.78 is 5.28. The zero-order valence-electron chi connectivity index (χ0n) is 19.1. The molecule has 1 aromatic heterocycles. The normalized spacial score (nSPS) is 21.2. The summed E-state index contributed by atoms with van der Waals surface area (Å²) in [5, 5.41) is 6.75. The van der Waals surface area contributed by atoms with Crippen molar-refractivity contribution in [3.05, 3.63) is 64.4 Å². The number of nitrogens with one attached hydrogen (secondary N) is 1. The fourth-order valence-corrected chi connectivity index (χ4v) is 5.22. The van der Waals surface area contributed by atoms with Gasteiger partial charge in [-0.2, -0.15) is 0 Å². The average Bonchev–Trinajstić information content (AvgIpc) is 3.47. The first-order valence-corrected chi connectivity index (χ1v) is 12.0. The molecule has 34 heavy (non-hydrogen) atoms.